The van der Waals surface area contributed by atoms with Crippen LogP contribution in [0.4, 0.5) is 5.69 Å². The minimum Gasteiger partial charge on any atom is -0.491 e. The second-order valence-corrected chi connectivity index (χ2v) is 8.90. The van der Waals surface area contributed by atoms with Crippen molar-refractivity contribution in [2.24, 2.45) is 0 Å². The summed E-state index contributed by atoms with van der Waals surface area (Å²) in [5, 5.41) is 9.91. The summed E-state index contributed by atoms with van der Waals surface area (Å²) in [6.45, 7) is 3.72. The molecule has 0 aliphatic heterocycles. The highest BCUT2D eigenvalue weighted by atomic mass is 32.2. The van der Waals surface area contributed by atoms with Gasteiger partial charge in [0.1, 0.15) is 11.0 Å². The van der Waals surface area contributed by atoms with Crippen molar-refractivity contribution in [2.75, 3.05) is 4.72 Å². The molecule has 0 spiro atoms. The van der Waals surface area contributed by atoms with Crippen molar-refractivity contribution in [3.05, 3.63) is 72.3 Å². The average Bonchev–Trinajstić information content (AvgIpc) is 2.65. The molecule has 1 unspecified atom stereocenters. The zero-order valence-corrected chi connectivity index (χ0v) is 17.0. The molecule has 3 aromatic rings. The smallest absolute Gasteiger partial charge is 0.305 e. The number of hydrogen-bond donors (Lipinski definition) is 2. The quantitative estimate of drug-likeness (QED) is 0.564. The minimum atomic E-state index is -4.02. The van der Waals surface area contributed by atoms with E-state index in [4.69, 9.17) is 4.74 Å². The monoisotopic (exact) mass is 413 g/mol. The third kappa shape index (κ3) is 5.26. The number of fused-ring (bicyclic) bond motifs is 1. The predicted octanol–water partition coefficient (Wildman–Crippen LogP) is 4.58. The van der Waals surface area contributed by atoms with Crippen LogP contribution in [0, 0.1) is 0 Å². The van der Waals surface area contributed by atoms with Crippen LogP contribution in [0.5, 0.6) is 5.75 Å². The lowest BCUT2D eigenvalue weighted by Crippen LogP contribution is -2.24. The molecule has 0 fully saturated rings. The Balaban J connectivity index is 1.95. The molecule has 0 saturated carbocycles. The fourth-order valence-electron chi connectivity index (χ4n) is 3.11. The number of carboxylic acid groups (broad SMARTS) is 1. The maximum atomic E-state index is 13.1. The molecule has 152 valence electrons. The molecule has 0 aromatic heterocycles. The van der Waals surface area contributed by atoms with Gasteiger partial charge < -0.3 is 9.84 Å². The lowest BCUT2D eigenvalue weighted by atomic mass is 10.1. The second-order valence-electron chi connectivity index (χ2n) is 7.03. The number of anilines is 1. The number of sulfonamides is 1. The van der Waals surface area contributed by atoms with E-state index in [1.54, 1.807) is 36.4 Å². The largest absolute Gasteiger partial charge is 0.491 e. The Morgan fingerprint density at radius 2 is 1.72 bits per heavy atom. The van der Waals surface area contributed by atoms with E-state index in [2.05, 4.69) is 4.72 Å². The molecule has 0 amide bonds. The highest BCUT2D eigenvalue weighted by Gasteiger charge is 2.30. The van der Waals surface area contributed by atoms with E-state index in [0.717, 1.165) is 10.8 Å². The first kappa shape index (κ1) is 20.7. The summed E-state index contributed by atoms with van der Waals surface area (Å²) >= 11 is 0. The van der Waals surface area contributed by atoms with E-state index in [1.165, 1.54) is 0 Å². The van der Waals surface area contributed by atoms with Crippen molar-refractivity contribution in [1.82, 2.24) is 0 Å². The average molecular weight is 413 g/mol. The molecule has 3 rings (SSSR count). The SMILES string of the molecule is CC(C)Oc1cccc(C(CC(=O)O)S(=O)(=O)Nc2ccc3ccccc3c2)c1. The molecule has 0 saturated heterocycles. The van der Waals surface area contributed by atoms with E-state index < -0.39 is 27.7 Å². The summed E-state index contributed by atoms with van der Waals surface area (Å²) in [6.07, 6.45) is -0.649. The van der Waals surface area contributed by atoms with Crippen molar-refractivity contribution in [1.29, 1.82) is 0 Å². The van der Waals surface area contributed by atoms with E-state index in [9.17, 15) is 18.3 Å². The van der Waals surface area contributed by atoms with E-state index in [-0.39, 0.29) is 6.10 Å². The summed E-state index contributed by atoms with van der Waals surface area (Å²) in [4.78, 5) is 11.4. The van der Waals surface area contributed by atoms with Crippen LogP contribution in [-0.4, -0.2) is 25.6 Å². The lowest BCUT2D eigenvalue weighted by molar-refractivity contribution is -0.137. The van der Waals surface area contributed by atoms with Crippen LogP contribution in [0.2, 0.25) is 0 Å². The lowest BCUT2D eigenvalue weighted by Gasteiger charge is -2.19. The van der Waals surface area contributed by atoms with Crippen LogP contribution in [0.25, 0.3) is 10.8 Å². The van der Waals surface area contributed by atoms with Crippen molar-refractivity contribution in [3.8, 4) is 5.75 Å². The van der Waals surface area contributed by atoms with Crippen LogP contribution >= 0.6 is 0 Å². The van der Waals surface area contributed by atoms with Gasteiger partial charge in [0.05, 0.1) is 12.5 Å². The first-order valence-electron chi connectivity index (χ1n) is 9.23. The summed E-state index contributed by atoms with van der Waals surface area (Å²) in [5.74, 6) is -0.706. The van der Waals surface area contributed by atoms with Crippen LogP contribution < -0.4 is 9.46 Å². The Morgan fingerprint density at radius 3 is 2.41 bits per heavy atom. The summed E-state index contributed by atoms with van der Waals surface area (Å²) in [5.41, 5.74) is 0.743. The molecule has 0 aliphatic rings. The van der Waals surface area contributed by atoms with Gasteiger partial charge in [-0.15, -0.1) is 0 Å². The molecule has 0 aliphatic carbocycles. The molecule has 29 heavy (non-hydrogen) atoms. The van der Waals surface area contributed by atoms with Gasteiger partial charge in [-0.3, -0.25) is 9.52 Å². The fraction of sp³-hybridized carbons (Fsp3) is 0.227. The van der Waals surface area contributed by atoms with Crippen molar-refractivity contribution in [3.63, 3.8) is 0 Å². The number of benzene rings is 3. The summed E-state index contributed by atoms with van der Waals surface area (Å²) in [6, 6.07) is 19.3. The molecule has 0 bridgehead atoms. The predicted molar refractivity (Wildman–Crippen MR) is 114 cm³/mol. The maximum Gasteiger partial charge on any atom is 0.305 e. The first-order valence-corrected chi connectivity index (χ1v) is 10.8. The van der Waals surface area contributed by atoms with Gasteiger partial charge >= 0.3 is 5.97 Å². The molecule has 1 atom stereocenters. The second kappa shape index (κ2) is 8.53. The normalized spacial score (nSPS) is 12.7. The topological polar surface area (TPSA) is 92.7 Å². The highest BCUT2D eigenvalue weighted by molar-refractivity contribution is 7.93. The number of nitrogens with one attached hydrogen (secondary N) is 1. The number of carboxylic acids is 1. The van der Waals surface area contributed by atoms with Gasteiger partial charge in [0.15, 0.2) is 0 Å². The third-order valence-corrected chi connectivity index (χ3v) is 6.05. The Morgan fingerprint density at radius 1 is 1.00 bits per heavy atom. The van der Waals surface area contributed by atoms with Crippen LogP contribution in [0.15, 0.2) is 66.7 Å². The van der Waals surface area contributed by atoms with Gasteiger partial charge in [-0.05, 0) is 54.4 Å². The summed E-state index contributed by atoms with van der Waals surface area (Å²) in [7, 11) is -4.02. The molecular weight excluding hydrogens is 390 g/mol. The van der Waals surface area contributed by atoms with Gasteiger partial charge in [-0.1, -0.05) is 42.5 Å². The third-order valence-electron chi connectivity index (χ3n) is 4.35. The van der Waals surface area contributed by atoms with E-state index >= 15 is 0 Å². The molecule has 2 N–H and O–H groups in total. The van der Waals surface area contributed by atoms with Gasteiger partial charge in [0, 0.05) is 5.69 Å². The Labute approximate surface area is 170 Å². The number of hydrogen-bond acceptors (Lipinski definition) is 4. The van der Waals surface area contributed by atoms with E-state index in [1.807, 2.05) is 44.2 Å². The maximum absolute atomic E-state index is 13.1. The number of carbonyl (C=O) groups is 1. The fourth-order valence-corrected chi connectivity index (χ4v) is 4.58. The molecule has 3 aromatic carbocycles. The van der Waals surface area contributed by atoms with Gasteiger partial charge in [-0.2, -0.15) is 0 Å². The van der Waals surface area contributed by atoms with Crippen molar-refractivity contribution >= 4 is 32.5 Å². The Kier molecular flexibility index (Phi) is 6.08. The van der Waals surface area contributed by atoms with Crippen molar-refractivity contribution < 1.29 is 23.1 Å². The Bertz CT molecular complexity index is 1120. The molecular formula is C22H23NO5S. The van der Waals surface area contributed by atoms with Crippen molar-refractivity contribution in [2.45, 2.75) is 31.6 Å². The minimum absolute atomic E-state index is 0.0875. The zero-order valence-electron chi connectivity index (χ0n) is 16.2. The van der Waals surface area contributed by atoms with Crippen LogP contribution in [0.3, 0.4) is 0 Å². The number of aliphatic carboxylic acids is 1. The Hall–Kier alpha value is -3.06. The van der Waals surface area contributed by atoms with Gasteiger partial charge in [0.2, 0.25) is 10.0 Å². The molecule has 7 heteroatoms. The standard InChI is InChI=1S/C22H23NO5S/c1-15(2)28-20-9-5-8-18(13-20)21(14-22(24)25)29(26,27)23-19-11-10-16-6-3-4-7-17(16)12-19/h3-13,15,21,23H,14H2,1-2H3,(H,24,25). The van der Waals surface area contributed by atoms with Gasteiger partial charge in [0.25, 0.3) is 0 Å². The van der Waals surface area contributed by atoms with Crippen LogP contribution in [0.1, 0.15) is 31.1 Å². The molecule has 0 heterocycles. The van der Waals surface area contributed by atoms with Crippen LogP contribution in [-0.2, 0) is 14.8 Å². The highest BCUT2D eigenvalue weighted by Crippen LogP contribution is 2.31. The van der Waals surface area contributed by atoms with E-state index in [0.29, 0.717) is 17.0 Å². The molecule has 6 nitrogen and oxygen atoms in total. The first-order chi connectivity index (χ1) is 13.7. The zero-order chi connectivity index (χ0) is 21.0. The summed E-state index contributed by atoms with van der Waals surface area (Å²) < 4.78 is 34.3. The molecule has 0 radical (unpaired) electrons. The number of ether oxygens (including phenoxy) is 1. The van der Waals surface area contributed by atoms with Gasteiger partial charge in [-0.25, -0.2) is 8.42 Å². The number of rotatable bonds is 8.